The minimum Gasteiger partial charge on any atom is -0.387 e. The van der Waals surface area contributed by atoms with Crippen LogP contribution in [-0.2, 0) is 13.0 Å². The maximum Gasteiger partial charge on any atom is 0.137 e. The first-order valence-electron chi connectivity index (χ1n) is 8.75. The van der Waals surface area contributed by atoms with Gasteiger partial charge in [-0.1, -0.05) is 37.6 Å². The number of aliphatic hydroxyl groups is 1. The van der Waals surface area contributed by atoms with Crippen molar-refractivity contribution in [3.63, 3.8) is 0 Å². The Labute approximate surface area is 147 Å². The molecular weight excluding hydrogens is 322 g/mol. The molecule has 2 fully saturated rings. The molecule has 5 heteroatoms. The Kier molecular flexibility index (Phi) is 3.73. The summed E-state index contributed by atoms with van der Waals surface area (Å²) in [6.07, 6.45) is 6.35. The average Bonchev–Trinajstić information content (AvgIpc) is 2.97. The van der Waals surface area contributed by atoms with E-state index in [0.717, 1.165) is 24.3 Å². The van der Waals surface area contributed by atoms with E-state index in [0.29, 0.717) is 18.4 Å². The lowest BCUT2D eigenvalue weighted by Gasteiger charge is -2.41. The summed E-state index contributed by atoms with van der Waals surface area (Å²) in [6.45, 7) is 5.02. The minimum absolute atomic E-state index is 0.0239. The number of nitrogens with zero attached hydrogens (tertiary/aromatic N) is 3. The molecule has 128 valence electrons. The van der Waals surface area contributed by atoms with Crippen LogP contribution in [0.2, 0.25) is 5.02 Å². The Bertz CT molecular complexity index is 715. The lowest BCUT2D eigenvalue weighted by Crippen LogP contribution is -2.50. The molecule has 0 aliphatic heterocycles. The molecule has 0 amide bonds. The van der Waals surface area contributed by atoms with E-state index in [2.05, 4.69) is 36.1 Å². The van der Waals surface area contributed by atoms with Gasteiger partial charge in [-0.2, -0.15) is 5.10 Å². The van der Waals surface area contributed by atoms with Crippen LogP contribution in [0.3, 0.4) is 0 Å². The maximum atomic E-state index is 11.9. The van der Waals surface area contributed by atoms with Crippen LogP contribution in [0.15, 0.2) is 36.9 Å². The molecule has 2 aromatic rings. The van der Waals surface area contributed by atoms with Crippen LogP contribution < -0.4 is 0 Å². The van der Waals surface area contributed by atoms with Gasteiger partial charge in [-0.25, -0.2) is 4.98 Å². The number of benzene rings is 1. The lowest BCUT2D eigenvalue weighted by atomic mass is 9.71. The number of fused-ring (bicyclic) bond motifs is 1. The summed E-state index contributed by atoms with van der Waals surface area (Å²) in [6, 6.07) is 8.01. The molecule has 0 saturated heterocycles. The van der Waals surface area contributed by atoms with Crippen molar-refractivity contribution in [3.8, 4) is 0 Å². The fourth-order valence-electron chi connectivity index (χ4n) is 5.29. The standard InChI is InChI=1S/C19H24ClN3O/c1-13(2)18-9-16(18)8-15(7-14-3-5-17(20)6-4-14)19(18,24)10-23-12-21-11-22-23/h3-6,11-13,15-16,24H,7-10H2,1-2H3. The van der Waals surface area contributed by atoms with Gasteiger partial charge in [0.2, 0.25) is 0 Å². The highest BCUT2D eigenvalue weighted by Crippen LogP contribution is 2.74. The molecule has 1 N–H and O–H groups in total. The van der Waals surface area contributed by atoms with Gasteiger partial charge in [-0.05, 0) is 54.7 Å². The molecule has 0 bridgehead atoms. The van der Waals surface area contributed by atoms with E-state index >= 15 is 0 Å². The van der Waals surface area contributed by atoms with Crippen LogP contribution >= 0.6 is 11.6 Å². The second-order valence-corrected chi connectivity index (χ2v) is 8.31. The molecule has 0 radical (unpaired) electrons. The van der Waals surface area contributed by atoms with Crippen LogP contribution in [0.1, 0.15) is 32.3 Å². The zero-order chi connectivity index (χ0) is 16.9. The Morgan fingerprint density at radius 1 is 1.33 bits per heavy atom. The first kappa shape index (κ1) is 16.1. The Hall–Kier alpha value is -1.39. The Morgan fingerprint density at radius 2 is 2.08 bits per heavy atom. The fraction of sp³-hybridized carbons (Fsp3) is 0.579. The van der Waals surface area contributed by atoms with E-state index in [1.54, 1.807) is 17.3 Å². The van der Waals surface area contributed by atoms with E-state index in [4.69, 9.17) is 11.6 Å². The average molecular weight is 346 g/mol. The van der Waals surface area contributed by atoms with Crippen molar-refractivity contribution < 1.29 is 5.11 Å². The van der Waals surface area contributed by atoms with Crippen LogP contribution in [0.4, 0.5) is 0 Å². The predicted octanol–water partition coefficient (Wildman–Crippen LogP) is 3.59. The van der Waals surface area contributed by atoms with Gasteiger partial charge >= 0.3 is 0 Å². The Balaban J connectivity index is 1.64. The Morgan fingerprint density at radius 3 is 2.71 bits per heavy atom. The maximum absolute atomic E-state index is 11.9. The molecule has 4 atom stereocenters. The summed E-state index contributed by atoms with van der Waals surface area (Å²) in [4.78, 5) is 4.05. The van der Waals surface area contributed by atoms with Crippen LogP contribution in [0.25, 0.3) is 0 Å². The zero-order valence-corrected chi connectivity index (χ0v) is 14.9. The fourth-order valence-corrected chi connectivity index (χ4v) is 5.42. The smallest absolute Gasteiger partial charge is 0.137 e. The molecule has 2 aliphatic rings. The molecule has 1 aromatic heterocycles. The summed E-state index contributed by atoms with van der Waals surface area (Å²) in [7, 11) is 0. The predicted molar refractivity (Wildman–Crippen MR) is 93.6 cm³/mol. The summed E-state index contributed by atoms with van der Waals surface area (Å²) in [5.41, 5.74) is 0.525. The topological polar surface area (TPSA) is 50.9 Å². The van der Waals surface area contributed by atoms with E-state index in [1.807, 2.05) is 12.1 Å². The van der Waals surface area contributed by atoms with Gasteiger partial charge in [0.05, 0.1) is 12.1 Å². The van der Waals surface area contributed by atoms with Gasteiger partial charge in [0.15, 0.2) is 0 Å². The number of hydrogen-bond donors (Lipinski definition) is 1. The van der Waals surface area contributed by atoms with Crippen molar-refractivity contribution >= 4 is 11.6 Å². The quantitative estimate of drug-likeness (QED) is 0.901. The summed E-state index contributed by atoms with van der Waals surface area (Å²) in [5.74, 6) is 1.33. The van der Waals surface area contributed by atoms with E-state index < -0.39 is 5.60 Å². The van der Waals surface area contributed by atoms with E-state index in [-0.39, 0.29) is 11.3 Å². The minimum atomic E-state index is -0.737. The monoisotopic (exact) mass is 345 g/mol. The molecule has 0 spiro atoms. The van der Waals surface area contributed by atoms with Crippen LogP contribution in [0, 0.1) is 23.2 Å². The van der Waals surface area contributed by atoms with Crippen molar-refractivity contribution in [1.29, 1.82) is 0 Å². The molecule has 2 saturated carbocycles. The summed E-state index contributed by atoms with van der Waals surface area (Å²) >= 11 is 6.01. The number of aromatic nitrogens is 3. The molecule has 1 aromatic carbocycles. The third-order valence-electron chi connectivity index (χ3n) is 6.50. The van der Waals surface area contributed by atoms with Crippen molar-refractivity contribution in [2.24, 2.45) is 23.2 Å². The molecule has 2 aliphatic carbocycles. The molecule has 4 nitrogen and oxygen atoms in total. The molecular formula is C19H24ClN3O. The van der Waals surface area contributed by atoms with Crippen molar-refractivity contribution in [2.45, 2.75) is 45.3 Å². The second kappa shape index (κ2) is 5.57. The van der Waals surface area contributed by atoms with Crippen molar-refractivity contribution in [1.82, 2.24) is 14.8 Å². The van der Waals surface area contributed by atoms with E-state index in [1.165, 1.54) is 5.56 Å². The summed E-state index contributed by atoms with van der Waals surface area (Å²) < 4.78 is 1.79. The zero-order valence-electron chi connectivity index (χ0n) is 14.2. The van der Waals surface area contributed by atoms with Gasteiger partial charge in [0.1, 0.15) is 12.7 Å². The first-order valence-corrected chi connectivity index (χ1v) is 9.13. The molecule has 24 heavy (non-hydrogen) atoms. The molecule has 4 rings (SSSR count). The molecule has 4 unspecified atom stereocenters. The van der Waals surface area contributed by atoms with Gasteiger partial charge in [-0.3, -0.25) is 4.68 Å². The van der Waals surface area contributed by atoms with E-state index in [9.17, 15) is 5.11 Å². The van der Waals surface area contributed by atoms with Gasteiger partial charge < -0.3 is 5.11 Å². The first-order chi connectivity index (χ1) is 11.5. The van der Waals surface area contributed by atoms with Crippen molar-refractivity contribution in [3.05, 3.63) is 47.5 Å². The molecule has 1 heterocycles. The van der Waals surface area contributed by atoms with Gasteiger partial charge in [0.25, 0.3) is 0 Å². The normalized spacial score (nSPS) is 34.5. The van der Waals surface area contributed by atoms with Crippen LogP contribution in [0.5, 0.6) is 0 Å². The van der Waals surface area contributed by atoms with Crippen molar-refractivity contribution in [2.75, 3.05) is 0 Å². The number of rotatable bonds is 5. The number of halogens is 1. The third-order valence-corrected chi connectivity index (χ3v) is 6.75. The third kappa shape index (κ3) is 2.31. The summed E-state index contributed by atoms with van der Waals surface area (Å²) in [5, 5.41) is 16.9. The van der Waals surface area contributed by atoms with Crippen LogP contribution in [-0.4, -0.2) is 25.5 Å². The number of hydrogen-bond acceptors (Lipinski definition) is 3. The highest BCUT2D eigenvalue weighted by atomic mass is 35.5. The van der Waals surface area contributed by atoms with Gasteiger partial charge in [0, 0.05) is 10.4 Å². The second-order valence-electron chi connectivity index (χ2n) is 7.88. The SMILES string of the molecule is CC(C)C12CC1CC(Cc1ccc(Cl)cc1)C2(O)Cn1cncn1. The highest BCUT2D eigenvalue weighted by Gasteiger charge is 2.74. The largest absolute Gasteiger partial charge is 0.387 e. The van der Waals surface area contributed by atoms with Gasteiger partial charge in [-0.15, -0.1) is 0 Å². The lowest BCUT2D eigenvalue weighted by molar-refractivity contribution is -0.0933. The highest BCUT2D eigenvalue weighted by molar-refractivity contribution is 6.30.